The summed E-state index contributed by atoms with van der Waals surface area (Å²) in [4.78, 5) is 0. The number of hydrogen-bond donors (Lipinski definition) is 1. The molecule has 0 aliphatic carbocycles. The minimum Gasteiger partial charge on any atom is -0.384 e. The Balaban J connectivity index is 2.33. The van der Waals surface area contributed by atoms with Gasteiger partial charge in [-0.05, 0) is 17.5 Å². The first-order valence-electron chi connectivity index (χ1n) is 6.57. The Kier molecular flexibility index (Phi) is 7.92. The Morgan fingerprint density at radius 3 is 2.63 bits per heavy atom. The van der Waals surface area contributed by atoms with E-state index < -0.39 is 0 Å². The normalized spacial score (nSPS) is 10.3. The molecule has 1 aromatic carbocycles. The number of hydrogen-bond acceptors (Lipinski definition) is 3. The summed E-state index contributed by atoms with van der Waals surface area (Å²) >= 11 is 0. The fraction of sp³-hybridized carbons (Fsp3) is 0.500. The standard InChI is InChI=1S/C16H22O3/c1-14(2)12-18-10-11-19-13-16-7-4-3-6-15(16)8-5-9-17/h3-4,6-7,14,17H,9-13H2,1-2H3. The largest absolute Gasteiger partial charge is 0.384 e. The highest BCUT2D eigenvalue weighted by molar-refractivity contribution is 5.40. The lowest BCUT2D eigenvalue weighted by Gasteiger charge is -2.08. The summed E-state index contributed by atoms with van der Waals surface area (Å²) in [5, 5.41) is 8.72. The van der Waals surface area contributed by atoms with Gasteiger partial charge in [0.2, 0.25) is 0 Å². The van der Waals surface area contributed by atoms with E-state index in [4.69, 9.17) is 14.6 Å². The molecule has 0 radical (unpaired) electrons. The third-order valence-corrected chi connectivity index (χ3v) is 2.40. The van der Waals surface area contributed by atoms with Crippen molar-refractivity contribution in [2.75, 3.05) is 26.4 Å². The average molecular weight is 262 g/mol. The molecule has 3 nitrogen and oxygen atoms in total. The molecule has 0 heterocycles. The van der Waals surface area contributed by atoms with Gasteiger partial charge in [0.25, 0.3) is 0 Å². The molecule has 0 fully saturated rings. The number of aliphatic hydroxyl groups is 1. The van der Waals surface area contributed by atoms with E-state index in [9.17, 15) is 0 Å². The van der Waals surface area contributed by atoms with Gasteiger partial charge in [0.05, 0.1) is 19.8 Å². The second-order valence-electron chi connectivity index (χ2n) is 4.64. The molecule has 1 N–H and O–H groups in total. The van der Waals surface area contributed by atoms with Crippen molar-refractivity contribution in [2.24, 2.45) is 5.92 Å². The highest BCUT2D eigenvalue weighted by Gasteiger charge is 1.99. The maximum absolute atomic E-state index is 8.72. The Bertz CT molecular complexity index is 415. The predicted octanol–water partition coefficient (Wildman–Crippen LogP) is 2.22. The van der Waals surface area contributed by atoms with E-state index in [1.165, 1.54) is 0 Å². The molecule has 0 amide bonds. The van der Waals surface area contributed by atoms with Crippen LogP contribution in [0.15, 0.2) is 24.3 Å². The Hall–Kier alpha value is -1.34. The molecule has 1 aromatic rings. The average Bonchev–Trinajstić information content (AvgIpc) is 2.41. The van der Waals surface area contributed by atoms with Gasteiger partial charge in [-0.3, -0.25) is 0 Å². The van der Waals surface area contributed by atoms with Crippen LogP contribution in [0.1, 0.15) is 25.0 Å². The van der Waals surface area contributed by atoms with E-state index in [-0.39, 0.29) is 6.61 Å². The van der Waals surface area contributed by atoms with Gasteiger partial charge >= 0.3 is 0 Å². The van der Waals surface area contributed by atoms with Crippen molar-refractivity contribution in [1.29, 1.82) is 0 Å². The summed E-state index contributed by atoms with van der Waals surface area (Å²) in [6, 6.07) is 7.79. The van der Waals surface area contributed by atoms with E-state index in [0.717, 1.165) is 17.7 Å². The van der Waals surface area contributed by atoms with Gasteiger partial charge in [0.1, 0.15) is 6.61 Å². The van der Waals surface area contributed by atoms with E-state index in [0.29, 0.717) is 25.7 Å². The molecule has 19 heavy (non-hydrogen) atoms. The van der Waals surface area contributed by atoms with Crippen molar-refractivity contribution in [2.45, 2.75) is 20.5 Å². The summed E-state index contributed by atoms with van der Waals surface area (Å²) in [5.74, 6) is 6.12. The van der Waals surface area contributed by atoms with Crippen LogP contribution in [-0.2, 0) is 16.1 Å². The zero-order chi connectivity index (χ0) is 13.9. The molecule has 3 heteroatoms. The van der Waals surface area contributed by atoms with Crippen LogP contribution in [0, 0.1) is 17.8 Å². The number of rotatable bonds is 7. The monoisotopic (exact) mass is 262 g/mol. The first-order chi connectivity index (χ1) is 9.24. The van der Waals surface area contributed by atoms with Crippen LogP contribution in [0.25, 0.3) is 0 Å². The van der Waals surface area contributed by atoms with Crippen LogP contribution in [0.4, 0.5) is 0 Å². The summed E-state index contributed by atoms with van der Waals surface area (Å²) in [6.07, 6.45) is 0. The molecule has 0 aliphatic heterocycles. The van der Waals surface area contributed by atoms with Crippen LogP contribution < -0.4 is 0 Å². The molecule has 1 rings (SSSR count). The van der Waals surface area contributed by atoms with Gasteiger partial charge < -0.3 is 14.6 Å². The lowest BCUT2D eigenvalue weighted by Crippen LogP contribution is -2.08. The molecular formula is C16H22O3. The van der Waals surface area contributed by atoms with Gasteiger partial charge in [0, 0.05) is 12.2 Å². The number of ether oxygens (including phenoxy) is 2. The second kappa shape index (κ2) is 9.57. The quantitative estimate of drug-likeness (QED) is 0.605. The van der Waals surface area contributed by atoms with Crippen LogP contribution in [0.5, 0.6) is 0 Å². The van der Waals surface area contributed by atoms with Gasteiger partial charge in [-0.2, -0.15) is 0 Å². The van der Waals surface area contributed by atoms with E-state index in [1.807, 2.05) is 24.3 Å². The van der Waals surface area contributed by atoms with Crippen molar-refractivity contribution in [3.63, 3.8) is 0 Å². The number of benzene rings is 1. The molecule has 0 aliphatic rings. The molecule has 0 saturated heterocycles. The third kappa shape index (κ3) is 6.97. The van der Waals surface area contributed by atoms with Crippen LogP contribution in [-0.4, -0.2) is 31.5 Å². The summed E-state index contributed by atoms with van der Waals surface area (Å²) in [6.45, 7) is 6.59. The first kappa shape index (κ1) is 15.7. The van der Waals surface area contributed by atoms with Gasteiger partial charge in [0.15, 0.2) is 0 Å². The summed E-state index contributed by atoms with van der Waals surface area (Å²) < 4.78 is 11.0. The predicted molar refractivity (Wildman–Crippen MR) is 75.7 cm³/mol. The maximum atomic E-state index is 8.72. The summed E-state index contributed by atoms with van der Waals surface area (Å²) in [7, 11) is 0. The first-order valence-corrected chi connectivity index (χ1v) is 6.57. The molecule has 104 valence electrons. The lowest BCUT2D eigenvalue weighted by atomic mass is 10.1. The van der Waals surface area contributed by atoms with Crippen molar-refractivity contribution in [3.05, 3.63) is 35.4 Å². The highest BCUT2D eigenvalue weighted by Crippen LogP contribution is 2.08. The Labute approximate surface area is 115 Å². The molecular weight excluding hydrogens is 240 g/mol. The van der Waals surface area contributed by atoms with E-state index in [1.54, 1.807) is 0 Å². The zero-order valence-corrected chi connectivity index (χ0v) is 11.7. The molecule has 0 unspecified atom stereocenters. The van der Waals surface area contributed by atoms with Crippen LogP contribution in [0.2, 0.25) is 0 Å². The lowest BCUT2D eigenvalue weighted by molar-refractivity contribution is 0.0314. The molecule has 0 saturated carbocycles. The zero-order valence-electron chi connectivity index (χ0n) is 11.7. The maximum Gasteiger partial charge on any atom is 0.104 e. The minimum atomic E-state index is -0.127. The highest BCUT2D eigenvalue weighted by atomic mass is 16.5. The molecule has 0 spiro atoms. The van der Waals surface area contributed by atoms with Gasteiger partial charge in [-0.25, -0.2) is 0 Å². The van der Waals surface area contributed by atoms with Crippen LogP contribution >= 0.6 is 0 Å². The molecule has 0 aromatic heterocycles. The fourth-order valence-electron chi connectivity index (χ4n) is 1.52. The van der Waals surface area contributed by atoms with Crippen LogP contribution in [0.3, 0.4) is 0 Å². The third-order valence-electron chi connectivity index (χ3n) is 2.40. The fourth-order valence-corrected chi connectivity index (χ4v) is 1.52. The Morgan fingerprint density at radius 2 is 1.89 bits per heavy atom. The minimum absolute atomic E-state index is 0.127. The number of aliphatic hydroxyl groups excluding tert-OH is 1. The van der Waals surface area contributed by atoms with E-state index in [2.05, 4.69) is 25.7 Å². The van der Waals surface area contributed by atoms with Crippen molar-refractivity contribution in [1.82, 2.24) is 0 Å². The van der Waals surface area contributed by atoms with Crippen molar-refractivity contribution >= 4 is 0 Å². The topological polar surface area (TPSA) is 38.7 Å². The Morgan fingerprint density at radius 1 is 1.16 bits per heavy atom. The second-order valence-corrected chi connectivity index (χ2v) is 4.64. The molecule has 0 bridgehead atoms. The van der Waals surface area contributed by atoms with Gasteiger partial charge in [-0.15, -0.1) is 0 Å². The summed E-state index contributed by atoms with van der Waals surface area (Å²) in [5.41, 5.74) is 1.94. The van der Waals surface area contributed by atoms with Crippen molar-refractivity contribution < 1.29 is 14.6 Å². The molecule has 0 atom stereocenters. The van der Waals surface area contributed by atoms with Gasteiger partial charge in [-0.1, -0.05) is 43.9 Å². The smallest absolute Gasteiger partial charge is 0.104 e. The SMILES string of the molecule is CC(C)COCCOCc1ccccc1C#CCO. The van der Waals surface area contributed by atoms with Crippen molar-refractivity contribution in [3.8, 4) is 11.8 Å². The van der Waals surface area contributed by atoms with E-state index >= 15 is 0 Å².